The molecule has 0 atom stereocenters. The second-order valence-corrected chi connectivity index (χ2v) is 9.80. The van der Waals surface area contributed by atoms with Crippen molar-refractivity contribution in [1.29, 1.82) is 5.26 Å². The van der Waals surface area contributed by atoms with Crippen molar-refractivity contribution in [2.24, 2.45) is 12.8 Å². The van der Waals surface area contributed by atoms with Gasteiger partial charge in [0.05, 0.1) is 23.9 Å². The van der Waals surface area contributed by atoms with Gasteiger partial charge in [0, 0.05) is 26.2 Å². The van der Waals surface area contributed by atoms with Crippen molar-refractivity contribution in [1.82, 2.24) is 14.1 Å². The van der Waals surface area contributed by atoms with Gasteiger partial charge in [0.15, 0.2) is 5.65 Å². The highest BCUT2D eigenvalue weighted by Crippen LogP contribution is 2.30. The summed E-state index contributed by atoms with van der Waals surface area (Å²) in [6, 6.07) is 11.4. The molecule has 186 valence electrons. The van der Waals surface area contributed by atoms with Crippen LogP contribution in [-0.4, -0.2) is 38.9 Å². The van der Waals surface area contributed by atoms with E-state index in [9.17, 15) is 14.9 Å². The van der Waals surface area contributed by atoms with Crippen LogP contribution in [-0.2, 0) is 18.3 Å². The van der Waals surface area contributed by atoms with Crippen molar-refractivity contribution in [3.8, 4) is 6.07 Å². The Balaban J connectivity index is 0.000000371. The number of carbonyl (C=O) groups excluding carboxylic acids is 1. The number of rotatable bonds is 3. The Labute approximate surface area is 209 Å². The summed E-state index contributed by atoms with van der Waals surface area (Å²) in [5.74, 6) is 0. The number of aromatic nitrogens is 3. The number of hydrogen-bond donors (Lipinski definition) is 1. The molecular formula is C25H31ClN6O3. The van der Waals surface area contributed by atoms with E-state index < -0.39 is 11.7 Å². The van der Waals surface area contributed by atoms with E-state index in [0.29, 0.717) is 22.9 Å². The number of piperidine rings is 1. The molecule has 3 aromatic rings. The molecule has 0 spiro atoms. The van der Waals surface area contributed by atoms with Crippen LogP contribution in [0.3, 0.4) is 0 Å². The molecular weight excluding hydrogens is 468 g/mol. The molecule has 0 unspecified atom stereocenters. The molecule has 1 aliphatic heterocycles. The van der Waals surface area contributed by atoms with E-state index in [0.717, 1.165) is 42.7 Å². The summed E-state index contributed by atoms with van der Waals surface area (Å²) < 4.78 is 7.81. The Morgan fingerprint density at radius 2 is 1.89 bits per heavy atom. The van der Waals surface area contributed by atoms with E-state index in [-0.39, 0.29) is 5.69 Å². The number of primary amides is 1. The number of halogens is 1. The number of carbonyl (C=O) groups is 1. The smallest absolute Gasteiger partial charge is 0.405 e. The van der Waals surface area contributed by atoms with Gasteiger partial charge in [0.2, 0.25) is 0 Å². The molecule has 1 amide bonds. The van der Waals surface area contributed by atoms with Crippen LogP contribution in [0.2, 0.25) is 5.15 Å². The molecule has 1 aromatic carbocycles. The van der Waals surface area contributed by atoms with Gasteiger partial charge in [-0.25, -0.2) is 14.6 Å². The molecule has 35 heavy (non-hydrogen) atoms. The molecule has 0 radical (unpaired) electrons. The lowest BCUT2D eigenvalue weighted by Crippen LogP contribution is -2.30. The summed E-state index contributed by atoms with van der Waals surface area (Å²) in [5.41, 5.74) is 7.78. The van der Waals surface area contributed by atoms with Gasteiger partial charge in [-0.3, -0.25) is 9.13 Å². The highest BCUT2D eigenvalue weighted by Gasteiger charge is 2.22. The van der Waals surface area contributed by atoms with Gasteiger partial charge in [-0.2, -0.15) is 5.26 Å². The van der Waals surface area contributed by atoms with Crippen molar-refractivity contribution < 1.29 is 9.53 Å². The Morgan fingerprint density at radius 1 is 1.23 bits per heavy atom. The third-order valence-electron chi connectivity index (χ3n) is 5.60. The van der Waals surface area contributed by atoms with E-state index in [4.69, 9.17) is 17.3 Å². The number of benzene rings is 1. The predicted molar refractivity (Wildman–Crippen MR) is 137 cm³/mol. The summed E-state index contributed by atoms with van der Waals surface area (Å²) in [5, 5.41) is 9.78. The maximum absolute atomic E-state index is 13.0. The standard InChI is InChI=1S/C20H20ClN5O.C5H11NO2/c1-24-19-18(16(11-17(21)23-19)25-9-5-2-6-10-25)26(20(24)27)13-15-8-4-3-7-14(15)12-22;1-5(2,3)8-4(6)7/h3-4,7-8,11H,2,5-6,9-10,13H2,1H3;1-3H3,(H2,6,7). The molecule has 9 nitrogen and oxygen atoms in total. The van der Waals surface area contributed by atoms with Crippen LogP contribution in [0.4, 0.5) is 10.5 Å². The predicted octanol–water partition coefficient (Wildman–Crippen LogP) is 4.18. The van der Waals surface area contributed by atoms with Crippen LogP contribution in [0.25, 0.3) is 11.2 Å². The first-order chi connectivity index (χ1) is 16.5. The number of nitriles is 1. The number of amides is 1. The number of anilines is 1. The second-order valence-electron chi connectivity index (χ2n) is 9.41. The fourth-order valence-electron chi connectivity index (χ4n) is 4.10. The van der Waals surface area contributed by atoms with Gasteiger partial charge < -0.3 is 15.4 Å². The number of imidazole rings is 1. The van der Waals surface area contributed by atoms with Gasteiger partial charge >= 0.3 is 11.8 Å². The Hall–Kier alpha value is -3.51. The van der Waals surface area contributed by atoms with Crippen molar-refractivity contribution in [2.75, 3.05) is 18.0 Å². The number of pyridine rings is 1. The number of nitrogens with two attached hydrogens (primary N) is 1. The minimum absolute atomic E-state index is 0.161. The number of ether oxygens (including phenoxy) is 1. The van der Waals surface area contributed by atoms with E-state index in [1.165, 1.54) is 11.0 Å². The highest BCUT2D eigenvalue weighted by atomic mass is 35.5. The van der Waals surface area contributed by atoms with Crippen LogP contribution in [0.15, 0.2) is 35.1 Å². The van der Waals surface area contributed by atoms with Crippen LogP contribution in [0, 0.1) is 11.3 Å². The van der Waals surface area contributed by atoms with E-state index in [1.807, 2.05) is 24.3 Å². The fourth-order valence-corrected chi connectivity index (χ4v) is 4.29. The van der Waals surface area contributed by atoms with Crippen LogP contribution in [0.1, 0.15) is 51.2 Å². The first kappa shape index (κ1) is 26.1. The van der Waals surface area contributed by atoms with Gasteiger partial charge in [0.25, 0.3) is 0 Å². The van der Waals surface area contributed by atoms with Gasteiger partial charge in [-0.15, -0.1) is 0 Å². The largest absolute Gasteiger partial charge is 0.444 e. The zero-order valence-electron chi connectivity index (χ0n) is 20.5. The first-order valence-electron chi connectivity index (χ1n) is 11.5. The average molecular weight is 499 g/mol. The highest BCUT2D eigenvalue weighted by molar-refractivity contribution is 6.30. The molecule has 1 fully saturated rings. The quantitative estimate of drug-likeness (QED) is 0.541. The molecule has 0 saturated carbocycles. The minimum Gasteiger partial charge on any atom is -0.444 e. The van der Waals surface area contributed by atoms with Crippen molar-refractivity contribution in [3.05, 3.63) is 57.1 Å². The van der Waals surface area contributed by atoms with E-state index in [1.54, 1.807) is 38.5 Å². The molecule has 1 aliphatic rings. The fraction of sp³-hybridized carbons (Fsp3) is 0.440. The third-order valence-corrected chi connectivity index (χ3v) is 5.79. The summed E-state index contributed by atoms with van der Waals surface area (Å²) >= 11 is 6.28. The van der Waals surface area contributed by atoms with Gasteiger partial charge in [0.1, 0.15) is 16.3 Å². The van der Waals surface area contributed by atoms with Crippen molar-refractivity contribution in [3.63, 3.8) is 0 Å². The summed E-state index contributed by atoms with van der Waals surface area (Å²) in [6.07, 6.45) is 2.73. The molecule has 2 N–H and O–H groups in total. The normalized spacial score (nSPS) is 13.7. The molecule has 0 bridgehead atoms. The number of nitrogens with zero attached hydrogens (tertiary/aromatic N) is 5. The molecule has 0 aliphatic carbocycles. The monoisotopic (exact) mass is 498 g/mol. The van der Waals surface area contributed by atoms with Crippen molar-refractivity contribution in [2.45, 2.75) is 52.2 Å². The van der Waals surface area contributed by atoms with Crippen LogP contribution >= 0.6 is 11.6 Å². The zero-order valence-corrected chi connectivity index (χ0v) is 21.3. The first-order valence-corrected chi connectivity index (χ1v) is 11.9. The molecule has 3 heterocycles. The molecule has 4 rings (SSSR count). The van der Waals surface area contributed by atoms with Crippen molar-refractivity contribution >= 4 is 34.5 Å². The van der Waals surface area contributed by atoms with Crippen LogP contribution < -0.4 is 16.3 Å². The molecule has 2 aromatic heterocycles. The van der Waals surface area contributed by atoms with Crippen LogP contribution in [0.5, 0.6) is 0 Å². The number of aryl methyl sites for hydroxylation is 1. The SMILES string of the molecule is CC(C)(C)OC(N)=O.Cn1c(=O)n(Cc2ccccc2C#N)c2c(N3CCCCC3)cc(Cl)nc21. The molecule has 10 heteroatoms. The lowest BCUT2D eigenvalue weighted by atomic mass is 10.1. The number of fused-ring (bicyclic) bond motifs is 1. The summed E-state index contributed by atoms with van der Waals surface area (Å²) in [6.45, 7) is 7.48. The van der Waals surface area contributed by atoms with E-state index in [2.05, 4.69) is 20.7 Å². The average Bonchev–Trinajstić information content (AvgIpc) is 3.03. The lowest BCUT2D eigenvalue weighted by Gasteiger charge is -2.29. The Kier molecular flexibility index (Phi) is 8.07. The minimum atomic E-state index is -0.725. The van der Waals surface area contributed by atoms with Gasteiger partial charge in [-0.1, -0.05) is 29.8 Å². The van der Waals surface area contributed by atoms with Gasteiger partial charge in [-0.05, 0) is 51.7 Å². The Bertz CT molecular complexity index is 1310. The second kappa shape index (κ2) is 10.8. The third kappa shape index (κ3) is 6.34. The summed E-state index contributed by atoms with van der Waals surface area (Å²) in [4.78, 5) is 29.7. The summed E-state index contributed by atoms with van der Waals surface area (Å²) in [7, 11) is 1.71. The number of hydrogen-bond acceptors (Lipinski definition) is 6. The Morgan fingerprint density at radius 3 is 2.46 bits per heavy atom. The zero-order chi connectivity index (χ0) is 25.8. The maximum Gasteiger partial charge on any atom is 0.405 e. The van der Waals surface area contributed by atoms with E-state index >= 15 is 0 Å². The topological polar surface area (TPSA) is 119 Å². The lowest BCUT2D eigenvalue weighted by molar-refractivity contribution is 0.0600. The molecule has 1 saturated heterocycles. The maximum atomic E-state index is 13.0.